The van der Waals surface area contributed by atoms with Crippen molar-refractivity contribution < 1.29 is 27.4 Å². The van der Waals surface area contributed by atoms with Gasteiger partial charge in [0.15, 0.2) is 0 Å². The number of hydrogen-bond donors (Lipinski definition) is 1. The molecule has 0 amide bonds. The molecule has 1 aliphatic rings. The van der Waals surface area contributed by atoms with Crippen LogP contribution >= 0.6 is 0 Å². The lowest BCUT2D eigenvalue weighted by Gasteiger charge is -2.26. The van der Waals surface area contributed by atoms with Crippen LogP contribution in [0.4, 0.5) is 13.2 Å². The minimum absolute atomic E-state index is 0.203. The highest BCUT2D eigenvalue weighted by atomic mass is 19.4. The molecule has 0 fully saturated rings. The first-order valence-electron chi connectivity index (χ1n) is 5.70. The molecule has 2 rings (SSSR count). The third-order valence-corrected chi connectivity index (χ3v) is 2.60. The lowest BCUT2D eigenvalue weighted by atomic mass is 10.1. The highest BCUT2D eigenvalue weighted by molar-refractivity contribution is 5.94. The number of nitrogens with zero attached hydrogens (tertiary/aromatic N) is 1. The molecule has 108 valence electrons. The molecule has 2 atom stereocenters. The summed E-state index contributed by atoms with van der Waals surface area (Å²) in [6.07, 6.45) is -4.48. The van der Waals surface area contributed by atoms with E-state index in [1.807, 2.05) is 0 Å². The zero-order valence-electron chi connectivity index (χ0n) is 10.3. The van der Waals surface area contributed by atoms with Crippen molar-refractivity contribution in [1.29, 1.82) is 0 Å². The Bertz CT molecular complexity index is 514. The first kappa shape index (κ1) is 14.2. The Kier molecular flexibility index (Phi) is 3.82. The van der Waals surface area contributed by atoms with E-state index in [4.69, 9.17) is 4.74 Å². The number of hydrogen-bond acceptors (Lipinski definition) is 5. The van der Waals surface area contributed by atoms with Crippen LogP contribution in [-0.2, 0) is 9.53 Å². The number of halogens is 3. The lowest BCUT2D eigenvalue weighted by molar-refractivity contribution is -0.274. The number of hydrazone groups is 1. The molecule has 5 nitrogen and oxygen atoms in total. The zero-order valence-corrected chi connectivity index (χ0v) is 10.3. The van der Waals surface area contributed by atoms with Crippen LogP contribution in [0.25, 0.3) is 0 Å². The van der Waals surface area contributed by atoms with E-state index >= 15 is 0 Å². The van der Waals surface area contributed by atoms with Crippen LogP contribution in [-0.4, -0.2) is 30.7 Å². The van der Waals surface area contributed by atoms with Gasteiger partial charge in [-0.25, -0.2) is 0 Å². The van der Waals surface area contributed by atoms with Gasteiger partial charge >= 0.3 is 6.36 Å². The van der Waals surface area contributed by atoms with Gasteiger partial charge in [-0.3, -0.25) is 5.43 Å². The molecule has 0 spiro atoms. The van der Waals surface area contributed by atoms with Gasteiger partial charge in [-0.2, -0.15) is 0 Å². The fourth-order valence-corrected chi connectivity index (χ4v) is 1.59. The largest absolute Gasteiger partial charge is 0.573 e. The summed E-state index contributed by atoms with van der Waals surface area (Å²) in [7, 11) is 0. The lowest BCUT2D eigenvalue weighted by Crippen LogP contribution is -2.44. The van der Waals surface area contributed by atoms with Crippen molar-refractivity contribution in [3.05, 3.63) is 29.8 Å². The number of nitrogens with one attached hydrogen (secondary N) is 1. The number of ether oxygens (including phenoxy) is 2. The Balaban J connectivity index is 2.11. The van der Waals surface area contributed by atoms with Gasteiger partial charge in [0, 0.05) is 5.56 Å². The fourth-order valence-electron chi connectivity index (χ4n) is 1.59. The quantitative estimate of drug-likeness (QED) is 0.862. The predicted octanol–water partition coefficient (Wildman–Crippen LogP) is 1.82. The minimum Gasteiger partial charge on any atom is -0.470 e. The monoisotopic (exact) mass is 288 g/mol. The van der Waals surface area contributed by atoms with Crippen molar-refractivity contribution in [3.8, 4) is 5.75 Å². The first-order chi connectivity index (χ1) is 9.39. The molecule has 20 heavy (non-hydrogen) atoms. The predicted molar refractivity (Wildman–Crippen MR) is 63.2 cm³/mol. The highest BCUT2D eigenvalue weighted by Crippen LogP contribution is 2.23. The number of carbonyl (C=O) groups is 1. The van der Waals surface area contributed by atoms with E-state index in [1.165, 1.54) is 12.1 Å². The summed E-state index contributed by atoms with van der Waals surface area (Å²) >= 11 is 0. The number of alkyl halides is 3. The molecule has 0 saturated carbocycles. The van der Waals surface area contributed by atoms with E-state index in [2.05, 4.69) is 15.3 Å². The van der Waals surface area contributed by atoms with Gasteiger partial charge in [-0.05, 0) is 31.2 Å². The Morgan fingerprint density at radius 2 is 2.00 bits per heavy atom. The van der Waals surface area contributed by atoms with Gasteiger partial charge in [0.1, 0.15) is 24.2 Å². The van der Waals surface area contributed by atoms with Gasteiger partial charge in [0.25, 0.3) is 0 Å². The molecule has 1 N–H and O–H groups in total. The van der Waals surface area contributed by atoms with Crippen LogP contribution in [0.3, 0.4) is 0 Å². The SMILES string of the molecule is CC1OC(c2ccc(OC(F)(F)F)cc2)=NNC1C=O. The van der Waals surface area contributed by atoms with Crippen molar-refractivity contribution in [2.45, 2.75) is 25.4 Å². The summed E-state index contributed by atoms with van der Waals surface area (Å²) < 4.78 is 45.2. The van der Waals surface area contributed by atoms with E-state index in [0.717, 1.165) is 12.1 Å². The van der Waals surface area contributed by atoms with Gasteiger partial charge < -0.3 is 14.3 Å². The third-order valence-electron chi connectivity index (χ3n) is 2.60. The van der Waals surface area contributed by atoms with Gasteiger partial charge in [0.2, 0.25) is 5.90 Å². The summed E-state index contributed by atoms with van der Waals surface area (Å²) in [6, 6.07) is 4.54. The molecule has 1 aromatic rings. The maximum atomic E-state index is 12.0. The number of carbonyl (C=O) groups excluding carboxylic acids is 1. The Hall–Kier alpha value is -2.25. The molecular weight excluding hydrogens is 277 g/mol. The van der Waals surface area contributed by atoms with Crippen molar-refractivity contribution in [2.24, 2.45) is 5.10 Å². The maximum Gasteiger partial charge on any atom is 0.573 e. The number of aldehydes is 1. The van der Waals surface area contributed by atoms with Gasteiger partial charge in [-0.1, -0.05) is 0 Å². The molecule has 0 radical (unpaired) electrons. The maximum absolute atomic E-state index is 12.0. The molecule has 0 saturated heterocycles. The summed E-state index contributed by atoms with van der Waals surface area (Å²) in [5.74, 6) is -0.126. The van der Waals surface area contributed by atoms with Crippen molar-refractivity contribution in [1.82, 2.24) is 5.43 Å². The molecule has 0 aromatic heterocycles. The Morgan fingerprint density at radius 3 is 2.50 bits per heavy atom. The summed E-state index contributed by atoms with van der Waals surface area (Å²) in [6.45, 7) is 1.68. The first-order valence-corrected chi connectivity index (χ1v) is 5.70. The van der Waals surface area contributed by atoms with E-state index in [9.17, 15) is 18.0 Å². The standard InChI is InChI=1S/C12H11F3N2O3/c1-7-10(6-18)16-17-11(19-7)8-2-4-9(5-3-8)20-12(13,14)15/h2-7,10,16H,1H3. The van der Waals surface area contributed by atoms with Crippen LogP contribution in [0, 0.1) is 0 Å². The van der Waals surface area contributed by atoms with E-state index in [0.29, 0.717) is 11.8 Å². The normalized spacial score (nSPS) is 22.3. The summed E-state index contributed by atoms with van der Waals surface area (Å²) in [4.78, 5) is 10.7. The Labute approximate surface area is 112 Å². The summed E-state index contributed by atoms with van der Waals surface area (Å²) in [5, 5.41) is 3.86. The van der Waals surface area contributed by atoms with Crippen molar-refractivity contribution >= 4 is 12.2 Å². The number of rotatable bonds is 3. The second-order valence-electron chi connectivity index (χ2n) is 4.10. The minimum atomic E-state index is -4.73. The molecular formula is C12H11F3N2O3. The van der Waals surface area contributed by atoms with E-state index in [1.54, 1.807) is 6.92 Å². The fraction of sp³-hybridized carbons (Fsp3) is 0.333. The van der Waals surface area contributed by atoms with Gasteiger partial charge in [0.05, 0.1) is 0 Å². The van der Waals surface area contributed by atoms with Crippen molar-refractivity contribution in [3.63, 3.8) is 0 Å². The van der Waals surface area contributed by atoms with E-state index < -0.39 is 18.5 Å². The smallest absolute Gasteiger partial charge is 0.470 e. The zero-order chi connectivity index (χ0) is 14.8. The van der Waals surface area contributed by atoms with Crippen LogP contribution < -0.4 is 10.2 Å². The van der Waals surface area contributed by atoms with E-state index in [-0.39, 0.29) is 11.6 Å². The second kappa shape index (κ2) is 5.40. The van der Waals surface area contributed by atoms with Crippen molar-refractivity contribution in [2.75, 3.05) is 0 Å². The molecule has 2 unspecified atom stereocenters. The topological polar surface area (TPSA) is 59.9 Å². The average molecular weight is 288 g/mol. The summed E-state index contributed by atoms with van der Waals surface area (Å²) in [5.41, 5.74) is 3.08. The molecule has 0 aliphatic carbocycles. The average Bonchev–Trinajstić information content (AvgIpc) is 2.37. The molecule has 1 heterocycles. The molecule has 0 bridgehead atoms. The van der Waals surface area contributed by atoms with Crippen LogP contribution in [0.5, 0.6) is 5.75 Å². The molecule has 8 heteroatoms. The van der Waals surface area contributed by atoms with Gasteiger partial charge in [-0.15, -0.1) is 18.3 Å². The van der Waals surface area contributed by atoms with Crippen LogP contribution in [0.1, 0.15) is 12.5 Å². The molecule has 1 aliphatic heterocycles. The number of benzene rings is 1. The second-order valence-corrected chi connectivity index (χ2v) is 4.10. The third kappa shape index (κ3) is 3.40. The van der Waals surface area contributed by atoms with Crippen LogP contribution in [0.2, 0.25) is 0 Å². The van der Waals surface area contributed by atoms with Crippen LogP contribution in [0.15, 0.2) is 29.4 Å². The molecule has 1 aromatic carbocycles. The Morgan fingerprint density at radius 1 is 1.35 bits per heavy atom. The highest BCUT2D eigenvalue weighted by Gasteiger charge is 2.31.